The van der Waals surface area contributed by atoms with E-state index in [1.165, 1.54) is 21.9 Å². The lowest BCUT2D eigenvalue weighted by atomic mass is 9.93. The van der Waals surface area contributed by atoms with E-state index in [1.54, 1.807) is 0 Å². The van der Waals surface area contributed by atoms with Gasteiger partial charge >= 0.3 is 0 Å². The van der Waals surface area contributed by atoms with Gasteiger partial charge < -0.3 is 4.57 Å². The minimum Gasteiger partial charge on any atom is -0.309 e. The lowest BCUT2D eigenvalue weighted by molar-refractivity contribution is 1.18. The van der Waals surface area contributed by atoms with Crippen molar-refractivity contribution in [1.29, 1.82) is 0 Å². The van der Waals surface area contributed by atoms with Gasteiger partial charge in [-0.1, -0.05) is 97.1 Å². The number of pyridine rings is 1. The third kappa shape index (κ3) is 4.01. The maximum absolute atomic E-state index is 7.61. The number of benzene rings is 7. The van der Waals surface area contributed by atoms with Crippen LogP contribution in [0.1, 0.15) is 0 Å². The Bertz CT molecular complexity index is 2640. The molecule has 208 valence electrons. The van der Waals surface area contributed by atoms with Crippen LogP contribution in [0.5, 0.6) is 0 Å². The molecule has 0 saturated carbocycles. The summed E-state index contributed by atoms with van der Waals surface area (Å²) in [6.45, 7) is 7.61. The van der Waals surface area contributed by atoms with Gasteiger partial charge in [0.25, 0.3) is 0 Å². The van der Waals surface area contributed by atoms with Gasteiger partial charge in [-0.2, -0.15) is 0 Å². The number of rotatable bonds is 3. The molecule has 9 aromatic rings. The van der Waals surface area contributed by atoms with E-state index in [1.807, 2.05) is 24.3 Å². The second kappa shape index (κ2) is 9.91. The zero-order valence-electron chi connectivity index (χ0n) is 24.3. The van der Waals surface area contributed by atoms with Crippen molar-refractivity contribution in [3.05, 3.63) is 163 Å². The standard InChI is InChI=1S/C42H25N3/c1-43-32-20-22-41-38(26-32)37-24-29(19-21-40(37)45(41)33-10-3-2-4-11-33)27-15-17-28(18-16-27)36-25-31-23-30-9-5-8-14-39(30)44-42(31)35-13-7-6-12-34(35)36/h2-26H. The fraction of sp³-hybridized carbons (Fsp3) is 0. The van der Waals surface area contributed by atoms with Crippen LogP contribution in [0, 0.1) is 6.57 Å². The molecular formula is C42H25N3. The molecule has 45 heavy (non-hydrogen) atoms. The molecule has 0 aliphatic carbocycles. The fourth-order valence-corrected chi connectivity index (χ4v) is 6.81. The number of aromatic nitrogens is 2. The highest BCUT2D eigenvalue weighted by molar-refractivity contribution is 6.14. The third-order valence-corrected chi connectivity index (χ3v) is 8.95. The SMILES string of the molecule is [C-]#[N+]c1ccc2c(c1)c1cc(-c3ccc(-c4cc5cc6ccccc6nc5c5ccccc45)cc3)ccc1n2-c1ccccc1. The molecule has 3 nitrogen and oxygen atoms in total. The number of hydrogen-bond donors (Lipinski definition) is 0. The number of fused-ring (bicyclic) bond motifs is 7. The average Bonchev–Trinajstić information content (AvgIpc) is 3.44. The highest BCUT2D eigenvalue weighted by Crippen LogP contribution is 2.39. The molecule has 0 spiro atoms. The Labute approximate surface area is 260 Å². The Balaban J connectivity index is 1.19. The van der Waals surface area contributed by atoms with Crippen LogP contribution >= 0.6 is 0 Å². The van der Waals surface area contributed by atoms with E-state index in [-0.39, 0.29) is 0 Å². The molecule has 7 aromatic carbocycles. The van der Waals surface area contributed by atoms with E-state index < -0.39 is 0 Å². The smallest absolute Gasteiger partial charge is 0.188 e. The van der Waals surface area contributed by atoms with Crippen molar-refractivity contribution in [2.24, 2.45) is 0 Å². The normalized spacial score (nSPS) is 11.5. The van der Waals surface area contributed by atoms with Gasteiger partial charge in [-0.3, -0.25) is 0 Å². The first kappa shape index (κ1) is 25.3. The van der Waals surface area contributed by atoms with Crippen molar-refractivity contribution in [3.8, 4) is 27.9 Å². The fourth-order valence-electron chi connectivity index (χ4n) is 6.81. The lowest BCUT2D eigenvalue weighted by Gasteiger charge is -2.12. The molecule has 9 rings (SSSR count). The largest absolute Gasteiger partial charge is 0.309 e. The van der Waals surface area contributed by atoms with E-state index in [0.29, 0.717) is 5.69 Å². The summed E-state index contributed by atoms with van der Waals surface area (Å²) in [7, 11) is 0. The summed E-state index contributed by atoms with van der Waals surface area (Å²) in [5.74, 6) is 0. The zero-order valence-corrected chi connectivity index (χ0v) is 24.3. The second-order valence-electron chi connectivity index (χ2n) is 11.5. The Morgan fingerprint density at radius 2 is 1.16 bits per heavy atom. The van der Waals surface area contributed by atoms with E-state index in [2.05, 4.69) is 137 Å². The van der Waals surface area contributed by atoms with Crippen LogP contribution in [0.4, 0.5) is 5.69 Å². The van der Waals surface area contributed by atoms with Crippen LogP contribution in [0.15, 0.2) is 152 Å². The van der Waals surface area contributed by atoms with Crippen LogP contribution < -0.4 is 0 Å². The predicted octanol–water partition coefficient (Wildman–Crippen LogP) is 11.5. The molecule has 0 N–H and O–H groups in total. The molecular weight excluding hydrogens is 546 g/mol. The van der Waals surface area contributed by atoms with E-state index in [4.69, 9.17) is 11.6 Å². The maximum Gasteiger partial charge on any atom is 0.188 e. The molecule has 2 aromatic heterocycles. The Kier molecular flexibility index (Phi) is 5.57. The monoisotopic (exact) mass is 571 g/mol. The minimum atomic E-state index is 0.648. The van der Waals surface area contributed by atoms with Crippen molar-refractivity contribution in [3.63, 3.8) is 0 Å². The summed E-state index contributed by atoms with van der Waals surface area (Å²) < 4.78 is 2.29. The third-order valence-electron chi connectivity index (χ3n) is 8.95. The van der Waals surface area contributed by atoms with Gasteiger partial charge in [0.1, 0.15) is 0 Å². The van der Waals surface area contributed by atoms with Crippen molar-refractivity contribution < 1.29 is 0 Å². The molecule has 2 heterocycles. The molecule has 0 unspecified atom stereocenters. The summed E-state index contributed by atoms with van der Waals surface area (Å²) in [6, 6.07) is 53.4. The van der Waals surface area contributed by atoms with Gasteiger partial charge in [-0.25, -0.2) is 9.83 Å². The van der Waals surface area contributed by atoms with Gasteiger partial charge in [-0.15, -0.1) is 0 Å². The summed E-state index contributed by atoms with van der Waals surface area (Å²) in [5.41, 5.74) is 10.7. The Morgan fingerprint density at radius 3 is 1.98 bits per heavy atom. The van der Waals surface area contributed by atoms with Crippen LogP contribution in [0.25, 0.3) is 87.2 Å². The van der Waals surface area contributed by atoms with Gasteiger partial charge in [0.15, 0.2) is 5.69 Å². The van der Waals surface area contributed by atoms with Crippen LogP contribution in [-0.2, 0) is 0 Å². The zero-order chi connectivity index (χ0) is 29.9. The summed E-state index contributed by atoms with van der Waals surface area (Å²) in [5, 5.41) is 6.88. The van der Waals surface area contributed by atoms with E-state index in [9.17, 15) is 0 Å². The van der Waals surface area contributed by atoms with Gasteiger partial charge in [0.2, 0.25) is 0 Å². The Morgan fingerprint density at radius 1 is 0.489 bits per heavy atom. The quantitative estimate of drug-likeness (QED) is 0.117. The van der Waals surface area contributed by atoms with Crippen molar-refractivity contribution in [2.75, 3.05) is 0 Å². The predicted molar refractivity (Wildman–Crippen MR) is 188 cm³/mol. The lowest BCUT2D eigenvalue weighted by Crippen LogP contribution is -1.92. The molecule has 0 radical (unpaired) electrons. The molecule has 0 bridgehead atoms. The van der Waals surface area contributed by atoms with Crippen LogP contribution in [-0.4, -0.2) is 9.55 Å². The minimum absolute atomic E-state index is 0.648. The van der Waals surface area contributed by atoms with Gasteiger partial charge in [0, 0.05) is 27.2 Å². The highest BCUT2D eigenvalue weighted by Gasteiger charge is 2.15. The molecule has 0 atom stereocenters. The summed E-state index contributed by atoms with van der Waals surface area (Å²) >= 11 is 0. The van der Waals surface area contributed by atoms with Crippen molar-refractivity contribution in [1.82, 2.24) is 9.55 Å². The molecule has 0 saturated heterocycles. The van der Waals surface area contributed by atoms with E-state index in [0.717, 1.165) is 60.4 Å². The highest BCUT2D eigenvalue weighted by atomic mass is 15.0. The number of para-hydroxylation sites is 2. The summed E-state index contributed by atoms with van der Waals surface area (Å²) in [6.07, 6.45) is 0. The molecule has 3 heteroatoms. The van der Waals surface area contributed by atoms with E-state index >= 15 is 0 Å². The second-order valence-corrected chi connectivity index (χ2v) is 11.5. The van der Waals surface area contributed by atoms with Crippen LogP contribution in [0.2, 0.25) is 0 Å². The maximum atomic E-state index is 7.61. The topological polar surface area (TPSA) is 22.2 Å². The molecule has 0 aliphatic rings. The first-order valence-corrected chi connectivity index (χ1v) is 15.1. The summed E-state index contributed by atoms with van der Waals surface area (Å²) in [4.78, 5) is 8.78. The number of nitrogens with zero attached hydrogens (tertiary/aromatic N) is 3. The van der Waals surface area contributed by atoms with Crippen molar-refractivity contribution >= 4 is 60.1 Å². The Hall–Kier alpha value is -6.24. The molecule has 0 fully saturated rings. The number of hydrogen-bond acceptors (Lipinski definition) is 1. The van der Waals surface area contributed by atoms with Crippen LogP contribution in [0.3, 0.4) is 0 Å². The van der Waals surface area contributed by atoms with Crippen molar-refractivity contribution in [2.45, 2.75) is 0 Å². The average molecular weight is 572 g/mol. The first-order valence-electron chi connectivity index (χ1n) is 15.1. The first-order chi connectivity index (χ1) is 22.2. The van der Waals surface area contributed by atoms with Gasteiger partial charge in [0.05, 0.1) is 28.6 Å². The molecule has 0 amide bonds. The molecule has 0 aliphatic heterocycles. The van der Waals surface area contributed by atoms with Gasteiger partial charge in [-0.05, 0) is 87.6 Å².